The number of aryl methyl sites for hydroxylation is 1. The normalized spacial score (nSPS) is 9.61. The second-order valence-electron chi connectivity index (χ2n) is 8.07. The zero-order valence-electron chi connectivity index (χ0n) is 18.0. The van der Waals surface area contributed by atoms with Crippen LogP contribution in [0.4, 0.5) is 0 Å². The number of aromatic amines is 2. The molecule has 2 nitrogen and oxygen atoms in total. The molecule has 0 bridgehead atoms. The molecule has 28 heavy (non-hydrogen) atoms. The second-order valence-corrected chi connectivity index (χ2v) is 8.07. The van der Waals surface area contributed by atoms with E-state index in [1.165, 1.54) is 27.5 Å². The van der Waals surface area contributed by atoms with E-state index in [1.54, 1.807) is 0 Å². The number of fused-ring (bicyclic) bond motifs is 2. The van der Waals surface area contributed by atoms with Crippen LogP contribution in [0.2, 0.25) is 0 Å². The molecule has 0 aliphatic rings. The van der Waals surface area contributed by atoms with Crippen LogP contribution in [0.3, 0.4) is 0 Å². The first kappa shape index (κ1) is 25.5. The summed E-state index contributed by atoms with van der Waals surface area (Å²) in [6.07, 6.45) is 1.95. The van der Waals surface area contributed by atoms with E-state index in [1.807, 2.05) is 24.4 Å². The fraction of sp³-hybridized carbons (Fsp3) is 0.385. The maximum absolute atomic E-state index is 3.26. The lowest BCUT2D eigenvalue weighted by molar-refractivity contribution is 0.736. The Morgan fingerprint density at radius 3 is 1.61 bits per heavy atom. The van der Waals surface area contributed by atoms with Gasteiger partial charge in [0, 0.05) is 22.9 Å². The quantitative estimate of drug-likeness (QED) is 0.306. The average Bonchev–Trinajstić information content (AvgIpc) is 3.19. The predicted octanol–water partition coefficient (Wildman–Crippen LogP) is 8.60. The molecule has 0 fully saturated rings. The van der Waals surface area contributed by atoms with E-state index in [-0.39, 0.29) is 7.43 Å². The molecule has 2 N–H and O–H groups in total. The molecule has 0 unspecified atom stereocenters. The highest BCUT2D eigenvalue weighted by Crippen LogP contribution is 2.13. The third-order valence-electron chi connectivity index (χ3n) is 3.13. The van der Waals surface area contributed by atoms with Gasteiger partial charge in [0.2, 0.25) is 0 Å². The van der Waals surface area contributed by atoms with Gasteiger partial charge in [-0.2, -0.15) is 0 Å². The van der Waals surface area contributed by atoms with Crippen molar-refractivity contribution in [2.75, 3.05) is 0 Å². The van der Waals surface area contributed by atoms with E-state index in [9.17, 15) is 0 Å². The van der Waals surface area contributed by atoms with Crippen molar-refractivity contribution in [3.05, 3.63) is 72.6 Å². The number of nitrogens with one attached hydrogen (secondary N) is 2. The smallest absolute Gasteiger partial charge is 0.0455 e. The maximum Gasteiger partial charge on any atom is 0.0455 e. The van der Waals surface area contributed by atoms with Crippen LogP contribution in [0.1, 0.15) is 54.7 Å². The zero-order chi connectivity index (χ0) is 20.2. The lowest BCUT2D eigenvalue weighted by atomic mass is 10.2. The second kappa shape index (κ2) is 13.7. The third kappa shape index (κ3) is 10.6. The van der Waals surface area contributed by atoms with Gasteiger partial charge >= 0.3 is 0 Å². The van der Waals surface area contributed by atoms with E-state index in [0.717, 1.165) is 11.8 Å². The molecule has 0 saturated heterocycles. The molecule has 0 saturated carbocycles. The van der Waals surface area contributed by atoms with Gasteiger partial charge in [0.25, 0.3) is 0 Å². The van der Waals surface area contributed by atoms with Crippen LogP contribution in [-0.4, -0.2) is 9.97 Å². The molecular weight excluding hydrogens is 340 g/mol. The molecule has 0 aliphatic heterocycles. The fourth-order valence-corrected chi connectivity index (χ4v) is 2.21. The highest BCUT2D eigenvalue weighted by molar-refractivity contribution is 5.80. The van der Waals surface area contributed by atoms with Crippen molar-refractivity contribution >= 4 is 21.8 Å². The molecule has 0 amide bonds. The summed E-state index contributed by atoms with van der Waals surface area (Å²) >= 11 is 0. The minimum Gasteiger partial charge on any atom is -0.361 e. The number of aromatic nitrogens is 2. The van der Waals surface area contributed by atoms with E-state index in [4.69, 9.17) is 0 Å². The molecule has 4 aromatic rings. The van der Waals surface area contributed by atoms with E-state index < -0.39 is 0 Å². The summed E-state index contributed by atoms with van der Waals surface area (Å²) in [4.78, 5) is 6.38. The van der Waals surface area contributed by atoms with Crippen molar-refractivity contribution in [1.82, 2.24) is 9.97 Å². The number of hydrogen-bond donors (Lipinski definition) is 2. The highest BCUT2D eigenvalue weighted by atomic mass is 14.7. The summed E-state index contributed by atoms with van der Waals surface area (Å²) in [5.74, 6) is 1.67. The van der Waals surface area contributed by atoms with Gasteiger partial charge in [-0.3, -0.25) is 0 Å². The Bertz CT molecular complexity index is 807. The Labute approximate surface area is 172 Å². The molecule has 2 aromatic carbocycles. The van der Waals surface area contributed by atoms with Crippen LogP contribution in [0, 0.1) is 18.8 Å². The summed E-state index contributed by atoms with van der Waals surface area (Å²) in [7, 11) is 0. The molecule has 0 atom stereocenters. The van der Waals surface area contributed by atoms with E-state index in [0.29, 0.717) is 0 Å². The van der Waals surface area contributed by atoms with E-state index >= 15 is 0 Å². The van der Waals surface area contributed by atoms with Crippen molar-refractivity contribution in [2.24, 2.45) is 11.8 Å². The number of hydrogen-bond acceptors (Lipinski definition) is 0. The zero-order valence-corrected chi connectivity index (χ0v) is 18.0. The summed E-state index contributed by atoms with van der Waals surface area (Å²) in [5.41, 5.74) is 3.65. The molecule has 154 valence electrons. The summed E-state index contributed by atoms with van der Waals surface area (Å²) in [5, 5.41) is 2.57. The maximum atomic E-state index is 3.26. The Morgan fingerprint density at radius 1 is 0.643 bits per heavy atom. The third-order valence-corrected chi connectivity index (χ3v) is 3.13. The van der Waals surface area contributed by atoms with Gasteiger partial charge in [-0.15, -0.1) is 0 Å². The van der Waals surface area contributed by atoms with Crippen molar-refractivity contribution < 1.29 is 0 Å². The SMILES string of the molecule is C.CC(C)C.CC(C)C.Cc1cc2ccccc2[nH]1.c1ccc2[nH]ccc2c1. The number of benzene rings is 2. The number of rotatable bonds is 0. The molecule has 0 aliphatic carbocycles. The molecular formula is C26H40N2. The van der Waals surface area contributed by atoms with Gasteiger partial charge in [-0.25, -0.2) is 0 Å². The van der Waals surface area contributed by atoms with Crippen molar-refractivity contribution in [2.45, 2.75) is 55.9 Å². The lowest BCUT2D eigenvalue weighted by Gasteiger charge is -1.83. The van der Waals surface area contributed by atoms with Gasteiger partial charge < -0.3 is 9.97 Å². The van der Waals surface area contributed by atoms with Crippen LogP contribution in [-0.2, 0) is 0 Å². The minimum atomic E-state index is 0. The molecule has 2 heteroatoms. The van der Waals surface area contributed by atoms with Crippen molar-refractivity contribution in [1.29, 1.82) is 0 Å². The van der Waals surface area contributed by atoms with Crippen LogP contribution >= 0.6 is 0 Å². The van der Waals surface area contributed by atoms with Crippen molar-refractivity contribution in [3.8, 4) is 0 Å². The molecule has 2 aromatic heterocycles. The van der Waals surface area contributed by atoms with Crippen LogP contribution < -0.4 is 0 Å². The lowest BCUT2D eigenvalue weighted by Crippen LogP contribution is -1.66. The first-order valence-corrected chi connectivity index (χ1v) is 9.86. The fourth-order valence-electron chi connectivity index (χ4n) is 2.21. The Balaban J connectivity index is 0.000000375. The summed E-state index contributed by atoms with van der Waals surface area (Å²) in [6, 6.07) is 20.7. The van der Waals surface area contributed by atoms with Gasteiger partial charge in [-0.1, -0.05) is 85.4 Å². The Hall–Kier alpha value is -2.48. The standard InChI is InChI=1S/C9H9N.C8H7N.2C4H10.CH4/c1-7-6-8-4-2-3-5-9(8)10-7;1-2-4-8-7(3-1)5-6-9-8;2*1-4(2)3;/h2-6,10H,1H3;1-6,9H;2*4H,1-3H3;1H4. The van der Waals surface area contributed by atoms with Crippen molar-refractivity contribution in [3.63, 3.8) is 0 Å². The van der Waals surface area contributed by atoms with Crippen LogP contribution in [0.5, 0.6) is 0 Å². The van der Waals surface area contributed by atoms with Gasteiger partial charge in [0.05, 0.1) is 0 Å². The predicted molar refractivity (Wildman–Crippen MR) is 129 cm³/mol. The molecule has 0 radical (unpaired) electrons. The monoisotopic (exact) mass is 380 g/mol. The van der Waals surface area contributed by atoms with E-state index in [2.05, 4.69) is 101 Å². The molecule has 4 rings (SSSR count). The molecule has 0 spiro atoms. The van der Waals surface area contributed by atoms with Crippen LogP contribution in [0.15, 0.2) is 66.9 Å². The number of para-hydroxylation sites is 2. The summed E-state index contributed by atoms with van der Waals surface area (Å²) < 4.78 is 0. The topological polar surface area (TPSA) is 31.6 Å². The largest absolute Gasteiger partial charge is 0.361 e. The van der Waals surface area contributed by atoms with Gasteiger partial charge in [0.15, 0.2) is 0 Å². The minimum absolute atomic E-state index is 0. The highest BCUT2D eigenvalue weighted by Gasteiger charge is 1.92. The van der Waals surface area contributed by atoms with Gasteiger partial charge in [0.1, 0.15) is 0 Å². The van der Waals surface area contributed by atoms with Gasteiger partial charge in [-0.05, 0) is 53.8 Å². The molecule has 2 heterocycles. The summed E-state index contributed by atoms with van der Waals surface area (Å²) in [6.45, 7) is 15.1. The Morgan fingerprint density at radius 2 is 1.11 bits per heavy atom. The van der Waals surface area contributed by atoms with Crippen LogP contribution in [0.25, 0.3) is 21.8 Å². The average molecular weight is 381 g/mol. The first-order valence-electron chi connectivity index (χ1n) is 9.86. The first-order chi connectivity index (χ1) is 12.8. The number of H-pyrrole nitrogens is 2. The Kier molecular flexibility index (Phi) is 12.4.